The van der Waals surface area contributed by atoms with Crippen molar-refractivity contribution in [1.29, 1.82) is 0 Å². The molecule has 256 valence electrons. The van der Waals surface area contributed by atoms with Gasteiger partial charge < -0.3 is 14.4 Å². The Kier molecular flexibility index (Phi) is 9.59. The van der Waals surface area contributed by atoms with Crippen LogP contribution >= 0.6 is 15.9 Å². The van der Waals surface area contributed by atoms with Crippen molar-refractivity contribution in [3.63, 3.8) is 0 Å². The monoisotopic (exact) mass is 726 g/mol. The number of nitro groups is 1. The summed E-state index contributed by atoms with van der Waals surface area (Å²) in [6, 6.07) is 20.5. The van der Waals surface area contributed by atoms with Crippen molar-refractivity contribution in [2.24, 2.45) is 10.8 Å². The maximum absolute atomic E-state index is 14.3. The molecule has 1 heterocycles. The fraction of sp³-hybridized carbons (Fsp3) is 0.400. The highest BCUT2D eigenvalue weighted by atomic mass is 79.9. The number of nitro benzene ring substituents is 1. The van der Waals surface area contributed by atoms with E-state index in [9.17, 15) is 19.7 Å². The van der Waals surface area contributed by atoms with E-state index in [-0.39, 0.29) is 34.7 Å². The molecule has 0 unspecified atom stereocenters. The van der Waals surface area contributed by atoms with E-state index in [1.165, 1.54) is 17.7 Å². The quantitative estimate of drug-likeness (QED) is 0.152. The number of rotatable bonds is 10. The Hall–Kier alpha value is -4.24. The molecule has 0 N–H and O–H groups in total. The highest BCUT2D eigenvalue weighted by Crippen LogP contribution is 2.55. The summed E-state index contributed by atoms with van der Waals surface area (Å²) in [4.78, 5) is 41.9. The molecule has 6 rings (SSSR count). The number of non-ortho nitro benzene ring substituents is 1. The molecule has 3 aromatic rings. The van der Waals surface area contributed by atoms with E-state index in [0.29, 0.717) is 58.7 Å². The van der Waals surface area contributed by atoms with Gasteiger partial charge in [-0.1, -0.05) is 70.2 Å². The maximum Gasteiger partial charge on any atom is 0.269 e. The van der Waals surface area contributed by atoms with E-state index in [1.807, 2.05) is 37.3 Å². The average molecular weight is 728 g/mol. The number of Topliss-reactive ketones (excluding diaryl/α,β-unsaturated/α-hetero) is 2. The first-order valence-electron chi connectivity index (χ1n) is 16.9. The average Bonchev–Trinajstić information content (AvgIpc) is 3.02. The summed E-state index contributed by atoms with van der Waals surface area (Å²) in [5, 5.41) is 11.3. The van der Waals surface area contributed by atoms with Crippen LogP contribution in [0.3, 0.4) is 0 Å². The number of halogens is 1. The molecule has 0 aromatic heterocycles. The van der Waals surface area contributed by atoms with E-state index < -0.39 is 10.8 Å². The molecule has 1 aliphatic heterocycles. The van der Waals surface area contributed by atoms with Gasteiger partial charge in [0, 0.05) is 60.0 Å². The normalized spacial score (nSPS) is 18.7. The van der Waals surface area contributed by atoms with Crippen molar-refractivity contribution in [1.82, 2.24) is 4.90 Å². The van der Waals surface area contributed by atoms with Crippen molar-refractivity contribution in [2.45, 2.75) is 79.2 Å². The largest absolute Gasteiger partial charge is 0.490 e. The van der Waals surface area contributed by atoms with Gasteiger partial charge in [-0.25, -0.2) is 0 Å². The van der Waals surface area contributed by atoms with Gasteiger partial charge in [0.05, 0.1) is 16.0 Å². The lowest BCUT2D eigenvalue weighted by atomic mass is 9.63. The maximum atomic E-state index is 14.3. The van der Waals surface area contributed by atoms with Crippen LogP contribution in [0.25, 0.3) is 0 Å². The topological polar surface area (TPSA) is 99.0 Å². The molecule has 9 heteroatoms. The number of ketones is 2. The lowest BCUT2D eigenvalue weighted by Gasteiger charge is -2.49. The number of allylic oxidation sites excluding steroid dienone is 4. The van der Waals surface area contributed by atoms with Crippen LogP contribution in [0.1, 0.15) is 82.9 Å². The molecular weight excluding hydrogens is 684 g/mol. The van der Waals surface area contributed by atoms with Crippen molar-refractivity contribution >= 4 is 33.2 Å². The molecule has 2 aliphatic carbocycles. The van der Waals surface area contributed by atoms with E-state index in [2.05, 4.69) is 60.7 Å². The molecule has 3 aliphatic rings. The van der Waals surface area contributed by atoms with Gasteiger partial charge in [-0.15, -0.1) is 0 Å². The Balaban J connectivity index is 1.47. The van der Waals surface area contributed by atoms with Crippen LogP contribution in [0.5, 0.6) is 11.5 Å². The minimum atomic E-state index is -0.536. The molecule has 0 radical (unpaired) electrons. The van der Waals surface area contributed by atoms with Crippen LogP contribution in [0.15, 0.2) is 93.7 Å². The molecule has 49 heavy (non-hydrogen) atoms. The Morgan fingerprint density at radius 1 is 0.837 bits per heavy atom. The first-order valence-corrected chi connectivity index (χ1v) is 17.7. The molecule has 0 saturated carbocycles. The number of hydrogen-bond donors (Lipinski definition) is 0. The third-order valence-corrected chi connectivity index (χ3v) is 10.2. The van der Waals surface area contributed by atoms with Crippen molar-refractivity contribution in [3.05, 3.63) is 121 Å². The van der Waals surface area contributed by atoms with Gasteiger partial charge in [0.2, 0.25) is 0 Å². The molecule has 8 nitrogen and oxygen atoms in total. The minimum Gasteiger partial charge on any atom is -0.490 e. The fourth-order valence-corrected chi connectivity index (χ4v) is 8.18. The van der Waals surface area contributed by atoms with Crippen LogP contribution in [0, 0.1) is 20.9 Å². The predicted octanol–water partition coefficient (Wildman–Crippen LogP) is 9.26. The first kappa shape index (κ1) is 34.6. The fourth-order valence-electron chi connectivity index (χ4n) is 7.61. The van der Waals surface area contributed by atoms with E-state index in [4.69, 9.17) is 9.47 Å². The second kappa shape index (κ2) is 13.6. The number of carbonyl (C=O) groups is 2. The summed E-state index contributed by atoms with van der Waals surface area (Å²) in [6.45, 7) is 11.6. The van der Waals surface area contributed by atoms with Gasteiger partial charge in [-0.3, -0.25) is 19.7 Å². The molecular formula is C40H43BrN2O6. The van der Waals surface area contributed by atoms with Crippen molar-refractivity contribution in [2.75, 3.05) is 13.2 Å². The van der Waals surface area contributed by atoms with Crippen molar-refractivity contribution < 1.29 is 24.0 Å². The third kappa shape index (κ3) is 7.23. The molecule has 0 bridgehead atoms. The standard InChI is InChI=1S/C40H43BrN2O6/c1-6-48-34-19-27(18-29(41)38(34)49-24-26-13-10-14-28(17-26)43(46)47)35-36-30(20-39(2,3)22-32(36)44)42(16-15-25-11-8-7-9-12-25)31-21-40(4,5)23-33(45)37(31)35/h7-14,17-19,35H,6,15-16,20-24H2,1-5H3. The zero-order valence-corrected chi connectivity index (χ0v) is 30.4. The molecule has 3 aromatic carbocycles. The molecule has 0 fully saturated rings. The lowest BCUT2D eigenvalue weighted by Crippen LogP contribution is -2.45. The van der Waals surface area contributed by atoms with Gasteiger partial charge >= 0.3 is 0 Å². The summed E-state index contributed by atoms with van der Waals surface area (Å²) in [5.41, 5.74) is 5.65. The lowest BCUT2D eigenvalue weighted by molar-refractivity contribution is -0.384. The summed E-state index contributed by atoms with van der Waals surface area (Å²) in [5.74, 6) is 0.537. The van der Waals surface area contributed by atoms with Crippen molar-refractivity contribution in [3.8, 4) is 11.5 Å². The second-order valence-corrected chi connectivity index (χ2v) is 15.8. The zero-order valence-electron chi connectivity index (χ0n) is 28.8. The number of nitrogens with zero attached hydrogens (tertiary/aromatic N) is 2. The number of benzene rings is 3. The highest BCUT2D eigenvalue weighted by Gasteiger charge is 2.49. The summed E-state index contributed by atoms with van der Waals surface area (Å²) in [6.07, 6.45) is 3.06. The van der Waals surface area contributed by atoms with Crippen LogP contribution in [-0.4, -0.2) is 34.5 Å². The summed E-state index contributed by atoms with van der Waals surface area (Å²) >= 11 is 3.73. The summed E-state index contributed by atoms with van der Waals surface area (Å²) in [7, 11) is 0. The van der Waals surface area contributed by atoms with Gasteiger partial charge in [0.15, 0.2) is 23.1 Å². The Morgan fingerprint density at radius 3 is 2.04 bits per heavy atom. The Bertz CT molecular complexity index is 1820. The Morgan fingerprint density at radius 2 is 1.45 bits per heavy atom. The number of ether oxygens (including phenoxy) is 2. The number of hydrogen-bond acceptors (Lipinski definition) is 7. The molecule has 0 amide bonds. The van der Waals surface area contributed by atoms with Crippen LogP contribution in [-0.2, 0) is 22.6 Å². The van der Waals surface area contributed by atoms with Crippen LogP contribution < -0.4 is 9.47 Å². The van der Waals surface area contributed by atoms with Crippen LogP contribution in [0.4, 0.5) is 5.69 Å². The van der Waals surface area contributed by atoms with Gasteiger partial charge in [0.25, 0.3) is 5.69 Å². The molecule has 0 spiro atoms. The molecule has 0 saturated heterocycles. The van der Waals surface area contributed by atoms with E-state index >= 15 is 0 Å². The third-order valence-electron chi connectivity index (χ3n) is 9.66. The Labute approximate surface area is 296 Å². The second-order valence-electron chi connectivity index (χ2n) is 14.9. The minimum absolute atomic E-state index is 0.00975. The highest BCUT2D eigenvalue weighted by molar-refractivity contribution is 9.10. The SMILES string of the molecule is CCOc1cc(C2C3=C(CC(C)(C)CC3=O)N(CCc3ccccc3)C3=C2C(=O)CC(C)(C)C3)cc(Br)c1OCc1cccc([N+](=O)[O-])c1. The van der Waals surface area contributed by atoms with Crippen LogP contribution in [0.2, 0.25) is 0 Å². The number of carbonyl (C=O) groups excluding carboxylic acids is 2. The van der Waals surface area contributed by atoms with Gasteiger partial charge in [0.1, 0.15) is 6.61 Å². The smallest absolute Gasteiger partial charge is 0.269 e. The molecule has 0 atom stereocenters. The predicted molar refractivity (Wildman–Crippen MR) is 192 cm³/mol. The van der Waals surface area contributed by atoms with E-state index in [1.54, 1.807) is 12.1 Å². The van der Waals surface area contributed by atoms with Gasteiger partial charge in [-0.05, 0) is 81.8 Å². The zero-order chi connectivity index (χ0) is 35.1. The van der Waals surface area contributed by atoms with E-state index in [0.717, 1.165) is 36.2 Å². The summed E-state index contributed by atoms with van der Waals surface area (Å²) < 4.78 is 13.0. The first-order chi connectivity index (χ1) is 23.3. The van der Waals surface area contributed by atoms with Gasteiger partial charge in [-0.2, -0.15) is 0 Å².